The zero-order valence-corrected chi connectivity index (χ0v) is 15.2. The lowest BCUT2D eigenvalue weighted by Gasteiger charge is -2.22. The highest BCUT2D eigenvalue weighted by atomic mass is 32.2. The second-order valence-electron chi connectivity index (χ2n) is 5.87. The minimum Gasteiger partial charge on any atom is -0.210 e. The van der Waals surface area contributed by atoms with Gasteiger partial charge in [-0.15, -0.1) is 0 Å². The molecule has 1 fully saturated rings. The van der Waals surface area contributed by atoms with Crippen LogP contribution < -0.4 is 4.72 Å². The van der Waals surface area contributed by atoms with E-state index in [1.807, 2.05) is 0 Å². The molecular weight excluding hydrogens is 360 g/mol. The molecule has 1 aliphatic rings. The van der Waals surface area contributed by atoms with Gasteiger partial charge in [0.15, 0.2) is 0 Å². The van der Waals surface area contributed by atoms with Crippen LogP contribution >= 0.6 is 0 Å². The summed E-state index contributed by atoms with van der Waals surface area (Å²) < 4.78 is 53.9. The van der Waals surface area contributed by atoms with E-state index in [4.69, 9.17) is 0 Å². The third kappa shape index (κ3) is 4.27. The Morgan fingerprint density at radius 2 is 1.36 bits per heavy atom. The molecule has 2 aromatic rings. The van der Waals surface area contributed by atoms with Crippen molar-refractivity contribution in [1.82, 2.24) is 9.03 Å². The van der Waals surface area contributed by atoms with E-state index in [1.54, 1.807) is 48.5 Å². The summed E-state index contributed by atoms with van der Waals surface area (Å²) in [5.41, 5.74) is 0. The van der Waals surface area contributed by atoms with Crippen molar-refractivity contribution in [3.05, 3.63) is 60.7 Å². The Bertz CT molecular complexity index is 910. The predicted molar refractivity (Wildman–Crippen MR) is 95.0 cm³/mol. The molecule has 0 radical (unpaired) electrons. The minimum absolute atomic E-state index is 0.0276. The Labute approximate surface area is 148 Å². The van der Waals surface area contributed by atoms with Gasteiger partial charge >= 0.3 is 0 Å². The van der Waals surface area contributed by atoms with Crippen molar-refractivity contribution in [3.63, 3.8) is 0 Å². The third-order valence-electron chi connectivity index (χ3n) is 3.98. The Morgan fingerprint density at radius 1 is 0.840 bits per heavy atom. The summed E-state index contributed by atoms with van der Waals surface area (Å²) >= 11 is 0. The van der Waals surface area contributed by atoms with Crippen LogP contribution in [0.1, 0.15) is 12.8 Å². The summed E-state index contributed by atoms with van der Waals surface area (Å²) in [6, 6.07) is 16.2. The monoisotopic (exact) mass is 380 g/mol. The topological polar surface area (TPSA) is 83.6 Å². The van der Waals surface area contributed by atoms with Crippen LogP contribution in [0.5, 0.6) is 0 Å². The summed E-state index contributed by atoms with van der Waals surface area (Å²) in [7, 11) is -7.26. The van der Waals surface area contributed by atoms with Gasteiger partial charge in [0.2, 0.25) is 20.0 Å². The van der Waals surface area contributed by atoms with Crippen LogP contribution in [-0.2, 0) is 20.0 Å². The van der Waals surface area contributed by atoms with Gasteiger partial charge in [0.25, 0.3) is 0 Å². The van der Waals surface area contributed by atoms with Crippen molar-refractivity contribution in [2.75, 3.05) is 13.1 Å². The molecule has 0 heterocycles. The molecule has 0 bridgehead atoms. The van der Waals surface area contributed by atoms with E-state index in [0.717, 1.165) is 12.8 Å². The van der Waals surface area contributed by atoms with Crippen molar-refractivity contribution < 1.29 is 16.8 Å². The molecule has 134 valence electrons. The molecule has 3 rings (SSSR count). The van der Waals surface area contributed by atoms with Crippen LogP contribution in [0.4, 0.5) is 0 Å². The van der Waals surface area contributed by atoms with E-state index in [9.17, 15) is 16.8 Å². The third-order valence-corrected chi connectivity index (χ3v) is 7.42. The first-order chi connectivity index (χ1) is 11.9. The standard InChI is InChI=1S/C17H20N2O4S2/c20-24(21,16-7-3-1-4-8-16)18-13-14-19(15-11-12-15)25(22,23)17-9-5-2-6-10-17/h1-10,15,18H,11-14H2. The summed E-state index contributed by atoms with van der Waals surface area (Å²) in [5, 5.41) is 0. The van der Waals surface area contributed by atoms with Crippen molar-refractivity contribution in [1.29, 1.82) is 0 Å². The average molecular weight is 380 g/mol. The maximum absolute atomic E-state index is 12.8. The van der Waals surface area contributed by atoms with Gasteiger partial charge in [-0.25, -0.2) is 21.6 Å². The van der Waals surface area contributed by atoms with Gasteiger partial charge in [-0.2, -0.15) is 4.31 Å². The van der Waals surface area contributed by atoms with Gasteiger partial charge < -0.3 is 0 Å². The number of nitrogens with one attached hydrogen (secondary N) is 1. The minimum atomic E-state index is -3.64. The molecule has 0 amide bonds. The molecule has 1 N–H and O–H groups in total. The van der Waals surface area contributed by atoms with Crippen LogP contribution in [-0.4, -0.2) is 40.3 Å². The number of nitrogens with zero attached hydrogens (tertiary/aromatic N) is 1. The van der Waals surface area contributed by atoms with E-state index in [0.29, 0.717) is 0 Å². The zero-order valence-electron chi connectivity index (χ0n) is 13.6. The maximum atomic E-state index is 12.8. The number of benzene rings is 2. The molecule has 2 aromatic carbocycles. The van der Waals surface area contributed by atoms with E-state index >= 15 is 0 Å². The Balaban J connectivity index is 1.70. The first kappa shape index (κ1) is 18.1. The lowest BCUT2D eigenvalue weighted by Crippen LogP contribution is -2.39. The highest BCUT2D eigenvalue weighted by Gasteiger charge is 2.37. The van der Waals surface area contributed by atoms with Crippen molar-refractivity contribution >= 4 is 20.0 Å². The van der Waals surface area contributed by atoms with Crippen molar-refractivity contribution in [3.8, 4) is 0 Å². The number of sulfonamides is 2. The quantitative estimate of drug-likeness (QED) is 0.757. The Morgan fingerprint density at radius 3 is 1.88 bits per heavy atom. The van der Waals surface area contributed by atoms with Crippen LogP contribution in [0, 0.1) is 0 Å². The van der Waals surface area contributed by atoms with E-state index < -0.39 is 20.0 Å². The molecular formula is C17H20N2O4S2. The first-order valence-electron chi connectivity index (χ1n) is 8.03. The first-order valence-corrected chi connectivity index (χ1v) is 11.0. The smallest absolute Gasteiger partial charge is 0.210 e. The van der Waals surface area contributed by atoms with Gasteiger partial charge in [0.1, 0.15) is 0 Å². The SMILES string of the molecule is O=S(=O)(NCCN(C1CC1)S(=O)(=O)c1ccccc1)c1ccccc1. The highest BCUT2D eigenvalue weighted by Crippen LogP contribution is 2.31. The van der Waals surface area contributed by atoms with Crippen LogP contribution in [0.15, 0.2) is 70.5 Å². The molecule has 25 heavy (non-hydrogen) atoms. The highest BCUT2D eigenvalue weighted by molar-refractivity contribution is 7.89. The number of hydrogen-bond acceptors (Lipinski definition) is 4. The fourth-order valence-corrected chi connectivity index (χ4v) is 5.31. The molecule has 1 aliphatic carbocycles. The summed E-state index contributed by atoms with van der Waals surface area (Å²) in [4.78, 5) is 0.395. The molecule has 0 spiro atoms. The fourth-order valence-electron chi connectivity index (χ4n) is 2.56. The summed E-state index contributed by atoms with van der Waals surface area (Å²) in [6.45, 7) is 0.133. The summed E-state index contributed by atoms with van der Waals surface area (Å²) in [6.07, 6.45) is 1.61. The molecule has 0 unspecified atom stereocenters. The van der Waals surface area contributed by atoms with Crippen LogP contribution in [0.2, 0.25) is 0 Å². The van der Waals surface area contributed by atoms with Crippen molar-refractivity contribution in [2.45, 2.75) is 28.7 Å². The fraction of sp³-hybridized carbons (Fsp3) is 0.294. The lowest BCUT2D eigenvalue weighted by molar-refractivity contribution is 0.406. The molecule has 6 nitrogen and oxygen atoms in total. The molecule has 0 aromatic heterocycles. The molecule has 1 saturated carbocycles. The molecule has 0 atom stereocenters. The second kappa shape index (κ2) is 7.25. The predicted octanol–water partition coefficient (Wildman–Crippen LogP) is 1.82. The van der Waals surface area contributed by atoms with E-state index in [2.05, 4.69) is 4.72 Å². The largest absolute Gasteiger partial charge is 0.243 e. The molecule has 8 heteroatoms. The molecule has 0 saturated heterocycles. The van der Waals surface area contributed by atoms with Gasteiger partial charge in [-0.1, -0.05) is 36.4 Å². The average Bonchev–Trinajstić information content (AvgIpc) is 3.45. The second-order valence-corrected chi connectivity index (χ2v) is 9.53. The Kier molecular flexibility index (Phi) is 5.24. The van der Waals surface area contributed by atoms with Gasteiger partial charge in [-0.05, 0) is 37.1 Å². The maximum Gasteiger partial charge on any atom is 0.243 e. The molecule has 0 aliphatic heterocycles. The van der Waals surface area contributed by atoms with Crippen LogP contribution in [0.3, 0.4) is 0 Å². The number of rotatable bonds is 8. The lowest BCUT2D eigenvalue weighted by atomic mass is 10.4. The van der Waals surface area contributed by atoms with E-state index in [1.165, 1.54) is 16.4 Å². The van der Waals surface area contributed by atoms with Gasteiger partial charge in [0.05, 0.1) is 9.79 Å². The van der Waals surface area contributed by atoms with Crippen molar-refractivity contribution in [2.24, 2.45) is 0 Å². The van der Waals surface area contributed by atoms with E-state index in [-0.39, 0.29) is 28.9 Å². The summed E-state index contributed by atoms with van der Waals surface area (Å²) in [5.74, 6) is 0. The zero-order chi connectivity index (χ0) is 17.9. The van der Waals surface area contributed by atoms with Gasteiger partial charge in [-0.3, -0.25) is 0 Å². The van der Waals surface area contributed by atoms with Gasteiger partial charge in [0, 0.05) is 19.1 Å². The number of hydrogen-bond donors (Lipinski definition) is 1. The normalized spacial score (nSPS) is 15.4. The van der Waals surface area contributed by atoms with Crippen LogP contribution in [0.25, 0.3) is 0 Å². The Hall–Kier alpha value is -1.74.